The van der Waals surface area contributed by atoms with E-state index in [0.29, 0.717) is 43.2 Å². The Hall–Kier alpha value is -2.79. The van der Waals surface area contributed by atoms with Gasteiger partial charge in [0.25, 0.3) is 0 Å². The number of ether oxygens (including phenoxy) is 8. The van der Waals surface area contributed by atoms with Gasteiger partial charge in [-0.15, -0.1) is 0 Å². The van der Waals surface area contributed by atoms with Gasteiger partial charge in [-0.05, 0) is 134 Å². The number of Topliss-reactive ketones (excluding diaryl/α,β-unsaturated/α-hetero) is 2. The average molecular weight is 883 g/mol. The van der Waals surface area contributed by atoms with Crippen LogP contribution in [0.5, 0.6) is 0 Å². The topological polar surface area (TPSA) is 161 Å². The van der Waals surface area contributed by atoms with E-state index in [2.05, 4.69) is 37.3 Å². The van der Waals surface area contributed by atoms with Crippen molar-refractivity contribution in [2.75, 3.05) is 40.7 Å². The molecule has 14 nitrogen and oxygen atoms in total. The highest BCUT2D eigenvalue weighted by Gasteiger charge is 2.60. The normalized spacial score (nSPS) is 42.3. The molecular formula is C49H74N2O12. The number of hydrogen-bond acceptors (Lipinski definition) is 14. The number of nitrogens with one attached hydrogen (secondary N) is 1. The number of hydrogen-bond donors (Lipinski definition) is 2. The SMILES string of the molecule is CC[C@H]1CCC[C@H](O[C@H]2CC[C@H](N(C)C)C(C)O2)[C@@H](C)C(=O)C2=C[C@H]3[C@@H]4C[C@H](O[C@@H]5OC(C)[C@H](OC)C(OC)[C@@H]5OC)C[C@H]4[C@H](Nc4ccc(C(C)=O)cc4)[C@@H](O)[C@H]3[C@@H]2CC(=O)O1. The van der Waals surface area contributed by atoms with Crippen molar-refractivity contribution in [1.29, 1.82) is 0 Å². The number of benzene rings is 1. The van der Waals surface area contributed by atoms with E-state index in [0.717, 1.165) is 24.9 Å². The summed E-state index contributed by atoms with van der Waals surface area (Å²) >= 11 is 0. The quantitative estimate of drug-likeness (QED) is 0.187. The molecular weight excluding hydrogens is 809 g/mol. The van der Waals surface area contributed by atoms with Crippen molar-refractivity contribution in [2.45, 2.75) is 172 Å². The molecule has 1 aromatic carbocycles. The zero-order valence-electron chi connectivity index (χ0n) is 39.1. The number of allylic oxidation sites excluding steroid dienone is 2. The summed E-state index contributed by atoms with van der Waals surface area (Å²) in [4.78, 5) is 43.4. The summed E-state index contributed by atoms with van der Waals surface area (Å²) in [6, 6.07) is 7.12. The first-order valence-electron chi connectivity index (χ1n) is 23.5. The van der Waals surface area contributed by atoms with Crippen LogP contribution >= 0.6 is 0 Å². The van der Waals surface area contributed by atoms with Gasteiger partial charge in [0.2, 0.25) is 0 Å². The fourth-order valence-corrected chi connectivity index (χ4v) is 12.2. The molecule has 352 valence electrons. The minimum absolute atomic E-state index is 0.0144. The van der Waals surface area contributed by atoms with E-state index in [-0.39, 0.29) is 78.3 Å². The zero-order valence-corrected chi connectivity index (χ0v) is 39.1. The van der Waals surface area contributed by atoms with Gasteiger partial charge in [-0.3, -0.25) is 14.4 Å². The van der Waals surface area contributed by atoms with Crippen LogP contribution < -0.4 is 5.32 Å². The second kappa shape index (κ2) is 20.8. The summed E-state index contributed by atoms with van der Waals surface area (Å²) in [5, 5.41) is 16.4. The molecule has 0 aromatic heterocycles. The van der Waals surface area contributed by atoms with Gasteiger partial charge < -0.3 is 53.2 Å². The summed E-state index contributed by atoms with van der Waals surface area (Å²) in [6.07, 6.45) is 2.92. The second-order valence-corrected chi connectivity index (χ2v) is 19.4. The van der Waals surface area contributed by atoms with Crippen LogP contribution in [0.2, 0.25) is 0 Å². The molecule has 3 aliphatic heterocycles. The summed E-state index contributed by atoms with van der Waals surface area (Å²) in [7, 11) is 9.01. The lowest BCUT2D eigenvalue weighted by molar-refractivity contribution is -0.314. The summed E-state index contributed by atoms with van der Waals surface area (Å²) in [5.41, 5.74) is 1.93. The molecule has 1 aromatic rings. The van der Waals surface area contributed by atoms with Crippen molar-refractivity contribution in [3.05, 3.63) is 41.5 Å². The predicted molar refractivity (Wildman–Crippen MR) is 235 cm³/mol. The maximum atomic E-state index is 15.1. The number of ketones is 2. The molecule has 2 N–H and O–H groups in total. The number of carbonyl (C=O) groups excluding carboxylic acids is 3. The molecule has 0 amide bonds. The third-order valence-corrected chi connectivity index (χ3v) is 15.5. The smallest absolute Gasteiger partial charge is 0.306 e. The molecule has 3 aliphatic carbocycles. The van der Waals surface area contributed by atoms with Crippen LogP contribution in [0.25, 0.3) is 0 Å². The molecule has 3 saturated heterocycles. The van der Waals surface area contributed by atoms with Crippen molar-refractivity contribution < 1.29 is 57.4 Å². The van der Waals surface area contributed by atoms with Gasteiger partial charge in [0, 0.05) is 56.4 Å². The number of likely N-dealkylation sites (N-methyl/N-ethyl adjacent to an activating group) is 1. The molecule has 19 atom stereocenters. The minimum atomic E-state index is -0.946. The highest BCUT2D eigenvalue weighted by atomic mass is 16.7. The van der Waals surface area contributed by atoms with Crippen LogP contribution in [0, 0.1) is 35.5 Å². The van der Waals surface area contributed by atoms with Crippen LogP contribution in [0.1, 0.15) is 103 Å². The number of methoxy groups -OCH3 is 3. The van der Waals surface area contributed by atoms with Crippen molar-refractivity contribution in [3.8, 4) is 0 Å². The van der Waals surface area contributed by atoms with E-state index >= 15 is 4.79 Å². The van der Waals surface area contributed by atoms with Gasteiger partial charge in [0.15, 0.2) is 24.1 Å². The number of aliphatic hydroxyl groups is 1. The number of esters is 1. The monoisotopic (exact) mass is 883 g/mol. The first-order valence-corrected chi connectivity index (χ1v) is 23.5. The fourth-order valence-electron chi connectivity index (χ4n) is 12.2. The first-order chi connectivity index (χ1) is 30.2. The van der Waals surface area contributed by atoms with Crippen LogP contribution in [-0.4, -0.2) is 143 Å². The largest absolute Gasteiger partial charge is 0.462 e. The maximum Gasteiger partial charge on any atom is 0.306 e. The van der Waals surface area contributed by atoms with E-state index in [9.17, 15) is 14.7 Å². The van der Waals surface area contributed by atoms with E-state index in [4.69, 9.17) is 37.9 Å². The highest BCUT2D eigenvalue weighted by molar-refractivity contribution is 5.99. The van der Waals surface area contributed by atoms with Crippen LogP contribution in [0.15, 0.2) is 35.9 Å². The number of carbonyl (C=O) groups is 3. The number of anilines is 1. The number of nitrogens with zero attached hydrogens (tertiary/aromatic N) is 1. The predicted octanol–water partition coefficient (Wildman–Crippen LogP) is 5.98. The fraction of sp³-hybridized carbons (Fsp3) is 0.776. The molecule has 0 spiro atoms. The van der Waals surface area contributed by atoms with Crippen LogP contribution in [0.3, 0.4) is 0 Å². The molecule has 0 bridgehead atoms. The lowest BCUT2D eigenvalue weighted by atomic mass is 9.62. The Balaban J connectivity index is 1.21. The maximum absolute atomic E-state index is 15.1. The summed E-state index contributed by atoms with van der Waals surface area (Å²) in [6.45, 7) is 9.54. The molecule has 0 radical (unpaired) electrons. The number of cyclic esters (lactones) is 1. The van der Waals surface area contributed by atoms with Crippen molar-refractivity contribution in [3.63, 3.8) is 0 Å². The Morgan fingerprint density at radius 1 is 0.873 bits per heavy atom. The van der Waals surface area contributed by atoms with Gasteiger partial charge in [-0.2, -0.15) is 0 Å². The molecule has 5 fully saturated rings. The molecule has 14 heteroatoms. The van der Waals surface area contributed by atoms with E-state index in [1.165, 1.54) is 6.92 Å². The second-order valence-electron chi connectivity index (χ2n) is 19.4. The molecule has 3 unspecified atom stereocenters. The number of aliphatic hydroxyl groups excluding tert-OH is 1. The van der Waals surface area contributed by atoms with Crippen molar-refractivity contribution >= 4 is 23.2 Å². The van der Waals surface area contributed by atoms with Crippen molar-refractivity contribution in [1.82, 2.24) is 4.90 Å². The Morgan fingerprint density at radius 2 is 1.57 bits per heavy atom. The van der Waals surface area contributed by atoms with Crippen LogP contribution in [-0.2, 0) is 47.5 Å². The third kappa shape index (κ3) is 10.1. The molecule has 2 saturated carbocycles. The third-order valence-electron chi connectivity index (χ3n) is 15.5. The van der Waals surface area contributed by atoms with Gasteiger partial charge in [-0.1, -0.05) is 19.9 Å². The van der Waals surface area contributed by atoms with Gasteiger partial charge in [-0.25, -0.2) is 0 Å². The van der Waals surface area contributed by atoms with Gasteiger partial charge >= 0.3 is 5.97 Å². The Morgan fingerprint density at radius 3 is 2.21 bits per heavy atom. The van der Waals surface area contributed by atoms with E-state index in [1.54, 1.807) is 33.5 Å². The highest BCUT2D eigenvalue weighted by Crippen LogP contribution is 2.57. The standard InChI is InChI=1S/C49H74N2O12/c1-11-31-13-12-14-39(63-41-20-19-38(51(6)7)27(4)59-41)25(2)44(54)37-23-34-33-21-32(62-49-48(58-10)47(57-9)46(56-8)28(5)60-49)22-36(33)43(45(55)42(34)35(37)24-40(53)61-31)50-30-17-15-29(16-18-30)26(3)52/h15-18,23,25,27-28,31-36,38-39,41-43,45-50,55H,11-14,19-22,24H2,1-10H3/t25-,27?,28?,31+,32+,33+,34+,35-,36-,38+,39+,41+,42-,43+,45+,46+,47?,48+,49+/m1/s1. The number of fused-ring (bicyclic) bond motifs is 5. The zero-order chi connectivity index (χ0) is 45.3. The Bertz CT molecular complexity index is 1760. The lowest BCUT2D eigenvalue weighted by Gasteiger charge is -2.47. The van der Waals surface area contributed by atoms with Crippen molar-refractivity contribution in [2.24, 2.45) is 35.5 Å². The molecule has 63 heavy (non-hydrogen) atoms. The Kier molecular flexibility index (Phi) is 15.9. The average Bonchev–Trinajstić information content (AvgIpc) is 3.85. The van der Waals surface area contributed by atoms with E-state index in [1.807, 2.05) is 32.9 Å². The molecule has 3 heterocycles. The van der Waals surface area contributed by atoms with Crippen LogP contribution in [0.4, 0.5) is 5.69 Å². The Labute approximate surface area is 374 Å². The lowest BCUT2D eigenvalue weighted by Crippen LogP contribution is -2.59. The van der Waals surface area contributed by atoms with Gasteiger partial charge in [0.05, 0.1) is 43.0 Å². The summed E-state index contributed by atoms with van der Waals surface area (Å²) < 4.78 is 50.2. The van der Waals surface area contributed by atoms with E-state index < -0.39 is 60.8 Å². The molecule has 6 aliphatic rings. The van der Waals surface area contributed by atoms with Gasteiger partial charge in [0.1, 0.15) is 24.4 Å². The summed E-state index contributed by atoms with van der Waals surface area (Å²) in [5.74, 6) is -2.30. The molecule has 7 rings (SSSR count). The minimum Gasteiger partial charge on any atom is -0.462 e. The number of rotatable bonds is 12. The first kappa shape index (κ1) is 48.2.